The molecule has 0 fully saturated rings. The monoisotopic (exact) mass is 542 g/mol. The van der Waals surface area contributed by atoms with Gasteiger partial charge in [-0.1, -0.05) is 121 Å². The number of hydrogen-bond acceptors (Lipinski definition) is 5. The quantitative estimate of drug-likeness (QED) is 0.208. The lowest BCUT2D eigenvalue weighted by atomic mass is 9.99. The van der Waals surface area contributed by atoms with Crippen molar-refractivity contribution in [3.63, 3.8) is 0 Å². The van der Waals surface area contributed by atoms with Gasteiger partial charge >= 0.3 is 0 Å². The zero-order valence-electron chi connectivity index (χ0n) is 21.9. The summed E-state index contributed by atoms with van der Waals surface area (Å²) in [5, 5.41) is 5.69. The zero-order chi connectivity index (χ0) is 27.2. The van der Waals surface area contributed by atoms with Gasteiger partial charge in [0, 0.05) is 27.6 Å². The maximum Gasteiger partial charge on any atom is 0.164 e. The molecule has 0 aliphatic rings. The Morgan fingerprint density at radius 1 is 0.415 bits per heavy atom. The standard InChI is InChI=1S/C36H22N4S/c1-4-10-24(11-5-1)33-38-34(25-12-6-2-7-13-25)40-35(39-33)28-18-20-29-27(22-28)17-16-23-19-21-30-32(31(23)29)37-36(41-30)26-14-8-3-9-15-26/h1-22H. The van der Waals surface area contributed by atoms with Crippen LogP contribution in [0.25, 0.3) is 76.5 Å². The molecule has 8 aromatic rings. The summed E-state index contributed by atoms with van der Waals surface area (Å²) in [6.45, 7) is 0. The highest BCUT2D eigenvalue weighted by molar-refractivity contribution is 7.21. The number of fused-ring (bicyclic) bond motifs is 5. The van der Waals surface area contributed by atoms with E-state index < -0.39 is 0 Å². The second-order valence-corrected chi connectivity index (χ2v) is 11.0. The predicted molar refractivity (Wildman–Crippen MR) is 170 cm³/mol. The highest BCUT2D eigenvalue weighted by atomic mass is 32.1. The van der Waals surface area contributed by atoms with Gasteiger partial charge in [-0.25, -0.2) is 19.9 Å². The molecule has 2 heterocycles. The Morgan fingerprint density at radius 2 is 0.951 bits per heavy atom. The van der Waals surface area contributed by atoms with E-state index in [0.717, 1.165) is 38.2 Å². The molecule has 0 bridgehead atoms. The van der Waals surface area contributed by atoms with Crippen molar-refractivity contribution in [3.8, 4) is 44.7 Å². The van der Waals surface area contributed by atoms with E-state index in [2.05, 4.69) is 66.7 Å². The SMILES string of the molecule is c1ccc(-c2nc(-c3ccccc3)nc(-c3ccc4c(ccc5ccc6sc(-c7ccccc7)nc6c54)c3)n2)cc1. The number of thiazole rings is 1. The van der Waals surface area contributed by atoms with E-state index in [1.54, 1.807) is 11.3 Å². The van der Waals surface area contributed by atoms with Crippen molar-refractivity contribution in [1.82, 2.24) is 19.9 Å². The number of rotatable bonds is 4. The van der Waals surface area contributed by atoms with Gasteiger partial charge < -0.3 is 0 Å². The fraction of sp³-hybridized carbons (Fsp3) is 0. The van der Waals surface area contributed by atoms with E-state index in [4.69, 9.17) is 19.9 Å². The Kier molecular flexibility index (Phi) is 5.61. The van der Waals surface area contributed by atoms with Crippen LogP contribution in [-0.4, -0.2) is 19.9 Å². The van der Waals surface area contributed by atoms with Gasteiger partial charge in [0.1, 0.15) is 5.01 Å². The molecule has 0 amide bonds. The maximum atomic E-state index is 5.12. The summed E-state index contributed by atoms with van der Waals surface area (Å²) in [5.41, 5.74) is 5.05. The average molecular weight is 543 g/mol. The van der Waals surface area contributed by atoms with Crippen LogP contribution in [0.3, 0.4) is 0 Å². The minimum atomic E-state index is 0.651. The number of nitrogens with zero attached hydrogens (tertiary/aromatic N) is 4. The van der Waals surface area contributed by atoms with Crippen molar-refractivity contribution < 1.29 is 0 Å². The number of aromatic nitrogens is 4. The second-order valence-electron chi connectivity index (χ2n) is 9.94. The van der Waals surface area contributed by atoms with E-state index >= 15 is 0 Å². The molecule has 0 atom stereocenters. The molecule has 0 aliphatic heterocycles. The van der Waals surface area contributed by atoms with E-state index in [0.29, 0.717) is 17.5 Å². The largest absolute Gasteiger partial charge is 0.235 e. The molecule has 2 aromatic heterocycles. The number of benzene rings is 6. The topological polar surface area (TPSA) is 51.6 Å². The third kappa shape index (κ3) is 4.24. The molecule has 6 aromatic carbocycles. The molecular weight excluding hydrogens is 520 g/mol. The first-order valence-electron chi connectivity index (χ1n) is 13.5. The molecule has 0 saturated heterocycles. The maximum absolute atomic E-state index is 5.12. The molecule has 0 radical (unpaired) electrons. The van der Waals surface area contributed by atoms with Gasteiger partial charge in [-0.05, 0) is 28.3 Å². The van der Waals surface area contributed by atoms with Gasteiger partial charge in [0.15, 0.2) is 17.5 Å². The molecule has 5 heteroatoms. The highest BCUT2D eigenvalue weighted by Crippen LogP contribution is 2.38. The second kappa shape index (κ2) is 9.73. The Balaban J connectivity index is 1.31. The first-order valence-corrected chi connectivity index (χ1v) is 14.3. The van der Waals surface area contributed by atoms with Crippen LogP contribution in [0.1, 0.15) is 0 Å². The van der Waals surface area contributed by atoms with Crippen LogP contribution in [0.15, 0.2) is 133 Å². The molecule has 0 spiro atoms. The van der Waals surface area contributed by atoms with Gasteiger partial charge in [0.05, 0.1) is 10.2 Å². The summed E-state index contributed by atoms with van der Waals surface area (Å²) in [7, 11) is 0. The summed E-state index contributed by atoms with van der Waals surface area (Å²) < 4.78 is 1.19. The van der Waals surface area contributed by atoms with E-state index in [-0.39, 0.29) is 0 Å². The lowest BCUT2D eigenvalue weighted by Gasteiger charge is -2.10. The fourth-order valence-corrected chi connectivity index (χ4v) is 6.30. The van der Waals surface area contributed by atoms with Crippen molar-refractivity contribution in [2.75, 3.05) is 0 Å². The highest BCUT2D eigenvalue weighted by Gasteiger charge is 2.15. The van der Waals surface area contributed by atoms with Crippen LogP contribution < -0.4 is 0 Å². The molecule has 0 aliphatic carbocycles. The van der Waals surface area contributed by atoms with Crippen molar-refractivity contribution in [2.45, 2.75) is 0 Å². The van der Waals surface area contributed by atoms with Crippen molar-refractivity contribution in [2.24, 2.45) is 0 Å². The zero-order valence-corrected chi connectivity index (χ0v) is 22.7. The first kappa shape index (κ1) is 23.6. The lowest BCUT2D eigenvalue weighted by Crippen LogP contribution is -2.00. The van der Waals surface area contributed by atoms with E-state index in [1.165, 1.54) is 20.9 Å². The molecule has 8 rings (SSSR count). The van der Waals surface area contributed by atoms with Gasteiger partial charge in [0.2, 0.25) is 0 Å². The Bertz CT molecular complexity index is 2130. The van der Waals surface area contributed by atoms with Crippen LogP contribution >= 0.6 is 11.3 Å². The molecule has 192 valence electrons. The number of hydrogen-bond donors (Lipinski definition) is 0. The smallest absolute Gasteiger partial charge is 0.164 e. The molecule has 0 N–H and O–H groups in total. The average Bonchev–Trinajstić information content (AvgIpc) is 3.50. The van der Waals surface area contributed by atoms with Crippen molar-refractivity contribution >= 4 is 43.1 Å². The Labute approximate surface area is 240 Å². The van der Waals surface area contributed by atoms with Gasteiger partial charge in [0.25, 0.3) is 0 Å². The normalized spacial score (nSPS) is 11.4. The Morgan fingerprint density at radius 3 is 1.59 bits per heavy atom. The predicted octanol–water partition coefficient (Wildman–Crippen LogP) is 9.46. The van der Waals surface area contributed by atoms with Crippen molar-refractivity contribution in [3.05, 3.63) is 133 Å². The van der Waals surface area contributed by atoms with Crippen LogP contribution in [0.5, 0.6) is 0 Å². The van der Waals surface area contributed by atoms with Crippen LogP contribution in [-0.2, 0) is 0 Å². The van der Waals surface area contributed by atoms with Crippen LogP contribution in [0.2, 0.25) is 0 Å². The first-order chi connectivity index (χ1) is 20.3. The summed E-state index contributed by atoms with van der Waals surface area (Å²) in [6, 6.07) is 45.7. The van der Waals surface area contributed by atoms with Crippen LogP contribution in [0, 0.1) is 0 Å². The van der Waals surface area contributed by atoms with Crippen molar-refractivity contribution in [1.29, 1.82) is 0 Å². The molecular formula is C36H22N4S. The van der Waals surface area contributed by atoms with Gasteiger partial charge in [-0.3, -0.25) is 0 Å². The minimum absolute atomic E-state index is 0.651. The van der Waals surface area contributed by atoms with Gasteiger partial charge in [-0.15, -0.1) is 11.3 Å². The molecule has 41 heavy (non-hydrogen) atoms. The minimum Gasteiger partial charge on any atom is -0.235 e. The molecule has 4 nitrogen and oxygen atoms in total. The summed E-state index contributed by atoms with van der Waals surface area (Å²) in [4.78, 5) is 19.8. The summed E-state index contributed by atoms with van der Waals surface area (Å²) in [6.07, 6.45) is 0. The summed E-state index contributed by atoms with van der Waals surface area (Å²) >= 11 is 1.73. The van der Waals surface area contributed by atoms with E-state index in [1.807, 2.05) is 66.7 Å². The summed E-state index contributed by atoms with van der Waals surface area (Å²) in [5.74, 6) is 1.97. The van der Waals surface area contributed by atoms with Crippen LogP contribution in [0.4, 0.5) is 0 Å². The lowest BCUT2D eigenvalue weighted by molar-refractivity contribution is 1.07. The van der Waals surface area contributed by atoms with Gasteiger partial charge in [-0.2, -0.15) is 0 Å². The Hall–Kier alpha value is -5.26. The molecule has 0 unspecified atom stereocenters. The van der Waals surface area contributed by atoms with E-state index in [9.17, 15) is 0 Å². The third-order valence-corrected chi connectivity index (χ3v) is 8.40. The molecule has 0 saturated carbocycles. The third-order valence-electron chi connectivity index (χ3n) is 7.33. The fourth-order valence-electron chi connectivity index (χ4n) is 5.32.